The second kappa shape index (κ2) is 9.41. The summed E-state index contributed by atoms with van der Waals surface area (Å²) in [5.41, 5.74) is 0.237. The van der Waals surface area contributed by atoms with E-state index in [9.17, 15) is 22.8 Å². The van der Waals surface area contributed by atoms with Crippen LogP contribution in [0.3, 0.4) is 0 Å². The summed E-state index contributed by atoms with van der Waals surface area (Å²) in [5, 5.41) is 18.0. The van der Waals surface area contributed by atoms with Gasteiger partial charge < -0.3 is 19.7 Å². The van der Waals surface area contributed by atoms with Crippen LogP contribution in [0.4, 0.5) is 13.2 Å². The van der Waals surface area contributed by atoms with Gasteiger partial charge in [-0.25, -0.2) is 9.59 Å². The van der Waals surface area contributed by atoms with Crippen LogP contribution in [-0.4, -0.2) is 41.0 Å². The second-order valence-corrected chi connectivity index (χ2v) is 7.25. The van der Waals surface area contributed by atoms with Crippen molar-refractivity contribution in [2.45, 2.75) is 12.3 Å². The fraction of sp³-hybridized carbons (Fsp3) is 0.130. The van der Waals surface area contributed by atoms with Gasteiger partial charge in [-0.15, -0.1) is 0 Å². The molecule has 0 saturated carbocycles. The van der Waals surface area contributed by atoms with Gasteiger partial charge in [-0.1, -0.05) is 42.5 Å². The van der Waals surface area contributed by atoms with Crippen LogP contribution in [0.25, 0.3) is 11.6 Å². The van der Waals surface area contributed by atoms with Crippen LogP contribution in [0.15, 0.2) is 66.3 Å². The third-order valence-electron chi connectivity index (χ3n) is 4.67. The first-order valence-corrected chi connectivity index (χ1v) is 9.69. The lowest BCUT2D eigenvalue weighted by Crippen LogP contribution is -2.41. The number of fused-ring (bicyclic) bond motifs is 2. The van der Waals surface area contributed by atoms with E-state index in [0.717, 1.165) is 17.4 Å². The lowest BCUT2D eigenvalue weighted by molar-refractivity contribution is -0.187. The summed E-state index contributed by atoms with van der Waals surface area (Å²) < 4.78 is 48.9. The lowest BCUT2D eigenvalue weighted by Gasteiger charge is -2.29. The van der Waals surface area contributed by atoms with Crippen molar-refractivity contribution < 1.29 is 42.4 Å². The Kier molecular flexibility index (Phi) is 6.83. The minimum absolute atomic E-state index is 0.0865. The summed E-state index contributed by atoms with van der Waals surface area (Å²) in [6, 6.07) is 11.3. The molecule has 10 heteroatoms. The van der Waals surface area contributed by atoms with E-state index in [4.69, 9.17) is 31.3 Å². The number of halogens is 4. The highest BCUT2D eigenvalue weighted by Crippen LogP contribution is 2.42. The fourth-order valence-electron chi connectivity index (χ4n) is 3.20. The summed E-state index contributed by atoms with van der Waals surface area (Å²) in [6.07, 6.45) is -4.69. The molecule has 2 aliphatic heterocycles. The maximum Gasteiger partial charge on any atom is 0.430 e. The number of alkyl halides is 3. The van der Waals surface area contributed by atoms with Crippen LogP contribution >= 0.6 is 11.6 Å². The Morgan fingerprint density at radius 2 is 1.79 bits per heavy atom. The highest BCUT2D eigenvalue weighted by Gasteiger charge is 2.50. The van der Waals surface area contributed by atoms with E-state index in [2.05, 4.69) is 6.58 Å². The van der Waals surface area contributed by atoms with Gasteiger partial charge in [0.1, 0.15) is 18.1 Å². The van der Waals surface area contributed by atoms with Gasteiger partial charge in [-0.2, -0.15) is 13.2 Å². The average Bonchev–Trinajstić information content (AvgIpc) is 2.77. The van der Waals surface area contributed by atoms with E-state index in [1.165, 1.54) is 18.2 Å². The summed E-state index contributed by atoms with van der Waals surface area (Å²) in [5.74, 6) is -1.98. The molecular weight excluding hydrogens is 465 g/mol. The van der Waals surface area contributed by atoms with Crippen LogP contribution in [0, 0.1) is 0 Å². The van der Waals surface area contributed by atoms with Crippen molar-refractivity contribution in [3.05, 3.63) is 82.4 Å². The molecule has 172 valence electrons. The topological polar surface area (TPSA) is 93.1 Å². The molecule has 2 aliphatic rings. The van der Waals surface area contributed by atoms with Crippen LogP contribution in [-0.2, 0) is 9.59 Å². The quantitative estimate of drug-likeness (QED) is 0.624. The van der Waals surface area contributed by atoms with Gasteiger partial charge in [0.15, 0.2) is 0 Å². The number of allylic oxidation sites excluding steroid dienone is 2. The third kappa shape index (κ3) is 5.20. The number of benzene rings is 2. The molecule has 4 rings (SSSR count). The highest BCUT2D eigenvalue weighted by atomic mass is 35.5. The van der Waals surface area contributed by atoms with Gasteiger partial charge in [0.2, 0.25) is 6.10 Å². The number of aliphatic carboxylic acids is 2. The highest BCUT2D eigenvalue weighted by molar-refractivity contribution is 6.30. The molecule has 0 amide bonds. The van der Waals surface area contributed by atoms with E-state index in [0.29, 0.717) is 5.57 Å². The Labute approximate surface area is 190 Å². The predicted molar refractivity (Wildman–Crippen MR) is 114 cm³/mol. The molecule has 0 bridgehead atoms. The van der Waals surface area contributed by atoms with Gasteiger partial charge in [-0.3, -0.25) is 0 Å². The first kappa shape index (κ1) is 23.9. The number of carboxylic acid groups (broad SMARTS) is 2. The zero-order valence-electron chi connectivity index (χ0n) is 16.7. The maximum absolute atomic E-state index is 13.0. The largest absolute Gasteiger partial charge is 0.488 e. The van der Waals surface area contributed by atoms with Gasteiger partial charge in [0, 0.05) is 16.1 Å². The molecule has 0 spiro atoms. The molecule has 33 heavy (non-hydrogen) atoms. The summed E-state index contributed by atoms with van der Waals surface area (Å²) >= 11 is 5.77. The van der Waals surface area contributed by atoms with Gasteiger partial charge in [0.25, 0.3) is 0 Å². The molecule has 2 N–H and O–H groups in total. The number of para-hydroxylation sites is 1. The van der Waals surface area contributed by atoms with E-state index >= 15 is 0 Å². The summed E-state index contributed by atoms with van der Waals surface area (Å²) in [7, 11) is 0. The van der Waals surface area contributed by atoms with Crippen molar-refractivity contribution >= 4 is 35.2 Å². The standard InChI is InChI=1S/C13H8ClF3O3.C10H8O3/c1-2-7-8-5-6(14)3-4-9(8)20-11(13(15,16)17)10(7)12(18)19;11-10(12)8-5-7-3-1-2-4-9(7)13-6-8/h2-5,11H,1H2,(H,18,19);1-5H,6H2,(H,11,12). The number of ether oxygens (including phenoxy) is 2. The molecule has 6 nitrogen and oxygen atoms in total. The number of carboxylic acids is 2. The minimum atomic E-state index is -4.85. The number of rotatable bonds is 3. The van der Waals surface area contributed by atoms with Crippen molar-refractivity contribution in [3.8, 4) is 11.5 Å². The van der Waals surface area contributed by atoms with Crippen LogP contribution < -0.4 is 9.47 Å². The van der Waals surface area contributed by atoms with E-state index < -0.39 is 29.8 Å². The van der Waals surface area contributed by atoms with Gasteiger partial charge >= 0.3 is 18.1 Å². The average molecular weight is 481 g/mol. The molecule has 1 atom stereocenters. The van der Waals surface area contributed by atoms with E-state index in [1.54, 1.807) is 6.08 Å². The second-order valence-electron chi connectivity index (χ2n) is 6.82. The number of hydrogen-bond acceptors (Lipinski definition) is 4. The molecule has 2 aromatic carbocycles. The monoisotopic (exact) mass is 480 g/mol. The Balaban J connectivity index is 0.000000203. The zero-order chi connectivity index (χ0) is 24.3. The lowest BCUT2D eigenvalue weighted by atomic mass is 9.92. The molecular formula is C23H16ClF3O6. The molecule has 0 radical (unpaired) electrons. The Morgan fingerprint density at radius 3 is 2.39 bits per heavy atom. The molecule has 0 saturated heterocycles. The van der Waals surface area contributed by atoms with Gasteiger partial charge in [-0.05, 0) is 35.9 Å². The van der Waals surface area contributed by atoms with Crippen molar-refractivity contribution in [3.63, 3.8) is 0 Å². The smallest absolute Gasteiger partial charge is 0.430 e. The normalized spacial score (nSPS) is 16.6. The Bertz CT molecular complexity index is 1180. The molecule has 0 fully saturated rings. The number of hydrogen-bond donors (Lipinski definition) is 2. The Morgan fingerprint density at radius 1 is 1.09 bits per heavy atom. The SMILES string of the molecule is C=CC1=C(C(=O)O)C(C(F)(F)F)Oc2ccc(Cl)cc21.O=C(O)C1=Cc2ccccc2OC1. The van der Waals surface area contributed by atoms with Crippen LogP contribution in [0.5, 0.6) is 11.5 Å². The maximum atomic E-state index is 13.0. The zero-order valence-corrected chi connectivity index (χ0v) is 17.5. The van der Waals surface area contributed by atoms with Crippen LogP contribution in [0.1, 0.15) is 11.1 Å². The molecule has 2 heterocycles. The number of carbonyl (C=O) groups is 2. The van der Waals surface area contributed by atoms with Gasteiger partial charge in [0.05, 0.1) is 11.1 Å². The van der Waals surface area contributed by atoms with Crippen molar-refractivity contribution in [2.24, 2.45) is 0 Å². The first-order valence-electron chi connectivity index (χ1n) is 9.31. The van der Waals surface area contributed by atoms with Crippen molar-refractivity contribution in [1.82, 2.24) is 0 Å². The Hall–Kier alpha value is -3.72. The molecule has 1 unspecified atom stereocenters. The van der Waals surface area contributed by atoms with E-state index in [1.807, 2.05) is 24.3 Å². The van der Waals surface area contributed by atoms with Crippen molar-refractivity contribution in [1.29, 1.82) is 0 Å². The third-order valence-corrected chi connectivity index (χ3v) is 4.90. The molecule has 2 aromatic rings. The predicted octanol–water partition coefficient (Wildman–Crippen LogP) is 5.23. The van der Waals surface area contributed by atoms with Crippen LogP contribution in [0.2, 0.25) is 5.02 Å². The summed E-state index contributed by atoms with van der Waals surface area (Å²) in [4.78, 5) is 21.8. The summed E-state index contributed by atoms with van der Waals surface area (Å²) in [6.45, 7) is 3.52. The molecule has 0 aromatic heterocycles. The van der Waals surface area contributed by atoms with Crippen molar-refractivity contribution in [2.75, 3.05) is 6.61 Å². The minimum Gasteiger partial charge on any atom is -0.488 e. The fourth-order valence-corrected chi connectivity index (χ4v) is 3.38. The first-order chi connectivity index (χ1) is 15.5. The van der Waals surface area contributed by atoms with E-state index in [-0.39, 0.29) is 28.5 Å². The molecule has 0 aliphatic carbocycles.